The molecule has 34 heavy (non-hydrogen) atoms. The van der Waals surface area contributed by atoms with Crippen molar-refractivity contribution in [2.24, 2.45) is 0 Å². The second-order valence-corrected chi connectivity index (χ2v) is 8.14. The highest BCUT2D eigenvalue weighted by Gasteiger charge is 2.42. The van der Waals surface area contributed by atoms with Gasteiger partial charge in [0.05, 0.1) is 26.0 Å². The van der Waals surface area contributed by atoms with Crippen LogP contribution in [0.15, 0.2) is 72.8 Å². The number of aromatic amines is 1. The minimum atomic E-state index is -0.427. The lowest BCUT2D eigenvalue weighted by Gasteiger charge is -2.27. The van der Waals surface area contributed by atoms with Gasteiger partial charge >= 0.3 is 0 Å². The fourth-order valence-corrected chi connectivity index (χ4v) is 4.56. The van der Waals surface area contributed by atoms with Gasteiger partial charge in [-0.1, -0.05) is 60.7 Å². The van der Waals surface area contributed by atoms with Crippen LogP contribution in [0.1, 0.15) is 33.2 Å². The van der Waals surface area contributed by atoms with Crippen LogP contribution in [-0.2, 0) is 6.42 Å². The van der Waals surface area contributed by atoms with Gasteiger partial charge in [-0.25, -0.2) is 0 Å². The summed E-state index contributed by atoms with van der Waals surface area (Å²) in [5, 5.41) is 17.9. The van der Waals surface area contributed by atoms with Gasteiger partial charge in [0.2, 0.25) is 5.75 Å². The third kappa shape index (κ3) is 3.65. The Labute approximate surface area is 197 Å². The Balaban J connectivity index is 1.64. The minimum Gasteiger partial charge on any atom is -0.502 e. The van der Waals surface area contributed by atoms with E-state index in [2.05, 4.69) is 22.3 Å². The van der Waals surface area contributed by atoms with Crippen molar-refractivity contribution in [3.63, 3.8) is 0 Å². The average molecular weight is 456 g/mol. The summed E-state index contributed by atoms with van der Waals surface area (Å²) in [4.78, 5) is 15.4. The van der Waals surface area contributed by atoms with Gasteiger partial charge in [0.15, 0.2) is 11.5 Å². The lowest BCUT2D eigenvalue weighted by molar-refractivity contribution is 0.0745. The molecular weight excluding hydrogens is 430 g/mol. The molecule has 1 unspecified atom stereocenters. The zero-order valence-corrected chi connectivity index (χ0v) is 19.0. The number of rotatable bonds is 7. The topological polar surface area (TPSA) is 87.7 Å². The molecule has 0 saturated heterocycles. The lowest BCUT2D eigenvalue weighted by atomic mass is 9.95. The minimum absolute atomic E-state index is 0.0791. The standard InChI is InChI=1S/C27H25N3O4/c1-33-20-15-19(16-21(34-2)26(20)31)25-22-23(18-11-7-4-8-12-18)28-29-24(22)27(32)30(25)14-13-17-9-5-3-6-10-17/h3-12,15-16,25,31H,13-14H2,1-2H3,(H,28,29). The second-order valence-electron chi connectivity index (χ2n) is 8.14. The normalized spacial score (nSPS) is 14.8. The van der Waals surface area contributed by atoms with Gasteiger partial charge in [0.25, 0.3) is 5.91 Å². The van der Waals surface area contributed by atoms with E-state index in [-0.39, 0.29) is 23.2 Å². The molecule has 2 heterocycles. The molecule has 1 atom stereocenters. The van der Waals surface area contributed by atoms with Gasteiger partial charge < -0.3 is 19.5 Å². The highest BCUT2D eigenvalue weighted by atomic mass is 16.5. The van der Waals surface area contributed by atoms with E-state index in [1.807, 2.05) is 53.4 Å². The van der Waals surface area contributed by atoms with Crippen molar-refractivity contribution in [2.45, 2.75) is 12.5 Å². The Kier molecular flexibility index (Phi) is 5.67. The van der Waals surface area contributed by atoms with E-state index in [0.29, 0.717) is 18.7 Å². The molecule has 0 radical (unpaired) electrons. The summed E-state index contributed by atoms with van der Waals surface area (Å²) in [5.41, 5.74) is 4.83. The van der Waals surface area contributed by atoms with E-state index in [9.17, 15) is 9.90 Å². The molecule has 1 aromatic heterocycles. The molecule has 0 saturated carbocycles. The summed E-state index contributed by atoms with van der Waals surface area (Å²) >= 11 is 0. The third-order valence-electron chi connectivity index (χ3n) is 6.21. The lowest BCUT2D eigenvalue weighted by Crippen LogP contribution is -2.31. The summed E-state index contributed by atoms with van der Waals surface area (Å²) in [6.45, 7) is 0.510. The third-order valence-corrected chi connectivity index (χ3v) is 6.21. The van der Waals surface area contributed by atoms with Crippen LogP contribution in [0.25, 0.3) is 11.3 Å². The van der Waals surface area contributed by atoms with Crippen molar-refractivity contribution < 1.29 is 19.4 Å². The fourth-order valence-electron chi connectivity index (χ4n) is 4.56. The van der Waals surface area contributed by atoms with Crippen LogP contribution in [0.3, 0.4) is 0 Å². The van der Waals surface area contributed by atoms with Crippen molar-refractivity contribution in [2.75, 3.05) is 20.8 Å². The predicted molar refractivity (Wildman–Crippen MR) is 128 cm³/mol. The number of carbonyl (C=O) groups excluding carboxylic acids is 1. The maximum Gasteiger partial charge on any atom is 0.273 e. The quantitative estimate of drug-likeness (QED) is 0.426. The maximum absolute atomic E-state index is 13.6. The Morgan fingerprint density at radius 2 is 1.59 bits per heavy atom. The van der Waals surface area contributed by atoms with Gasteiger partial charge in [-0.05, 0) is 29.7 Å². The molecular formula is C27H25N3O4. The van der Waals surface area contributed by atoms with Crippen molar-refractivity contribution in [1.82, 2.24) is 15.1 Å². The first-order valence-electron chi connectivity index (χ1n) is 11.1. The number of amides is 1. The van der Waals surface area contributed by atoms with Crippen LogP contribution < -0.4 is 9.47 Å². The molecule has 172 valence electrons. The summed E-state index contributed by atoms with van der Waals surface area (Å²) < 4.78 is 10.8. The van der Waals surface area contributed by atoms with E-state index in [4.69, 9.17) is 9.47 Å². The highest BCUT2D eigenvalue weighted by Crippen LogP contribution is 2.47. The molecule has 1 aliphatic heterocycles. The molecule has 0 aliphatic carbocycles. The predicted octanol–water partition coefficient (Wildman–Crippen LogP) is 4.59. The van der Waals surface area contributed by atoms with Crippen molar-refractivity contribution in [3.05, 3.63) is 95.2 Å². The van der Waals surface area contributed by atoms with Crippen LogP contribution >= 0.6 is 0 Å². The molecule has 1 aliphatic rings. The van der Waals surface area contributed by atoms with E-state index in [0.717, 1.165) is 27.9 Å². The number of aromatic hydroxyl groups is 1. The first-order valence-corrected chi connectivity index (χ1v) is 11.1. The fraction of sp³-hybridized carbons (Fsp3) is 0.185. The van der Waals surface area contributed by atoms with Gasteiger partial charge in [0.1, 0.15) is 5.69 Å². The number of fused-ring (bicyclic) bond motifs is 1. The number of nitrogens with zero attached hydrogens (tertiary/aromatic N) is 2. The zero-order chi connectivity index (χ0) is 23.7. The SMILES string of the molecule is COc1cc(C2c3c(-c4ccccc4)n[nH]c3C(=O)N2CCc2ccccc2)cc(OC)c1O. The summed E-state index contributed by atoms with van der Waals surface area (Å²) in [6, 6.07) is 22.9. The largest absolute Gasteiger partial charge is 0.502 e. The van der Waals surface area contributed by atoms with Crippen LogP contribution in [0, 0.1) is 0 Å². The molecule has 0 bridgehead atoms. The molecule has 3 aromatic carbocycles. The van der Waals surface area contributed by atoms with Crippen molar-refractivity contribution in [1.29, 1.82) is 0 Å². The average Bonchev–Trinajstić information content (AvgIpc) is 3.43. The van der Waals surface area contributed by atoms with Crippen molar-refractivity contribution >= 4 is 5.91 Å². The Hall–Kier alpha value is -4.26. The Bertz CT molecular complexity index is 1290. The first kappa shape index (κ1) is 21.6. The van der Waals surface area contributed by atoms with Crippen LogP contribution in [0.5, 0.6) is 17.2 Å². The van der Waals surface area contributed by atoms with E-state index in [1.165, 1.54) is 14.2 Å². The Morgan fingerprint density at radius 3 is 2.21 bits per heavy atom. The van der Waals surface area contributed by atoms with Gasteiger partial charge in [-0.3, -0.25) is 9.89 Å². The number of phenolic OH excluding ortho intramolecular Hbond substituents is 1. The zero-order valence-electron chi connectivity index (χ0n) is 19.0. The van der Waals surface area contributed by atoms with Crippen LogP contribution in [-0.4, -0.2) is 46.9 Å². The number of phenols is 1. The number of nitrogens with one attached hydrogen (secondary N) is 1. The first-order chi connectivity index (χ1) is 16.6. The molecule has 0 fully saturated rings. The number of aromatic nitrogens is 2. The number of H-pyrrole nitrogens is 1. The smallest absolute Gasteiger partial charge is 0.273 e. The number of ether oxygens (including phenoxy) is 2. The number of carbonyl (C=O) groups is 1. The van der Waals surface area contributed by atoms with Crippen LogP contribution in [0.4, 0.5) is 0 Å². The van der Waals surface area contributed by atoms with Crippen LogP contribution in [0.2, 0.25) is 0 Å². The molecule has 4 aromatic rings. The molecule has 1 amide bonds. The van der Waals surface area contributed by atoms with Gasteiger partial charge in [0, 0.05) is 17.7 Å². The summed E-state index contributed by atoms with van der Waals surface area (Å²) in [6.07, 6.45) is 0.702. The molecule has 2 N–H and O–H groups in total. The molecule has 0 spiro atoms. The summed E-state index contributed by atoms with van der Waals surface area (Å²) in [7, 11) is 2.98. The number of hydrogen-bond acceptors (Lipinski definition) is 5. The monoisotopic (exact) mass is 455 g/mol. The second kappa shape index (κ2) is 8.94. The highest BCUT2D eigenvalue weighted by molar-refractivity contribution is 6.00. The maximum atomic E-state index is 13.6. The molecule has 5 rings (SSSR count). The number of hydrogen-bond donors (Lipinski definition) is 2. The molecule has 7 nitrogen and oxygen atoms in total. The summed E-state index contributed by atoms with van der Waals surface area (Å²) in [5.74, 6) is 0.368. The van der Waals surface area contributed by atoms with Gasteiger partial charge in [-0.15, -0.1) is 0 Å². The van der Waals surface area contributed by atoms with Gasteiger partial charge in [-0.2, -0.15) is 5.10 Å². The van der Waals surface area contributed by atoms with E-state index >= 15 is 0 Å². The number of benzene rings is 3. The van der Waals surface area contributed by atoms with E-state index in [1.54, 1.807) is 12.1 Å². The Morgan fingerprint density at radius 1 is 0.971 bits per heavy atom. The van der Waals surface area contributed by atoms with E-state index < -0.39 is 6.04 Å². The molecule has 7 heteroatoms. The number of methoxy groups -OCH3 is 2. The van der Waals surface area contributed by atoms with Crippen molar-refractivity contribution in [3.8, 4) is 28.5 Å².